The number of halogens is 2. The Morgan fingerprint density at radius 3 is 2.03 bits per heavy atom. The Morgan fingerprint density at radius 1 is 0.790 bits per heavy atom. The van der Waals surface area contributed by atoms with Crippen LogP contribution in [0.2, 0.25) is 0 Å². The highest BCUT2D eigenvalue weighted by atomic mass is 19.2. The highest BCUT2D eigenvalue weighted by Crippen LogP contribution is 2.64. The number of hydrogen-bond acceptors (Lipinski definition) is 21. The summed E-state index contributed by atoms with van der Waals surface area (Å²) in [6.45, 7) is 12.4. The molecule has 12 N–H and O–H groups in total. The predicted molar refractivity (Wildman–Crippen MR) is 348 cm³/mol. The van der Waals surface area contributed by atoms with Crippen molar-refractivity contribution in [3.8, 4) is 0 Å². The van der Waals surface area contributed by atoms with Gasteiger partial charge in [-0.3, -0.25) is 43.2 Å². The smallest absolute Gasteiger partial charge is 0.408 e. The van der Waals surface area contributed by atoms with Gasteiger partial charge in [0.15, 0.2) is 23.0 Å². The van der Waals surface area contributed by atoms with Crippen LogP contribution in [-0.4, -0.2) is 171 Å². The topological polar surface area (TPSA) is 433 Å². The number of primary amides is 2. The summed E-state index contributed by atoms with van der Waals surface area (Å²) in [7, 11) is 0. The summed E-state index contributed by atoms with van der Waals surface area (Å²) in [5, 5.41) is 50.9. The third kappa shape index (κ3) is 17.9. The van der Waals surface area contributed by atoms with E-state index in [0.29, 0.717) is 0 Å². The number of rotatable bonds is 28. The number of Topliss-reactive ketones (excluding diaryl/α,β-unsaturated/α-hetero) is 1. The molecule has 0 spiro atoms. The van der Waals surface area contributed by atoms with Crippen molar-refractivity contribution in [2.24, 2.45) is 28.2 Å². The predicted octanol–water partition coefficient (Wildman–Crippen LogP) is 3.09. The van der Waals surface area contributed by atoms with Crippen LogP contribution < -0.4 is 38.1 Å². The van der Waals surface area contributed by atoms with Gasteiger partial charge in [-0.05, 0) is 120 Å². The largest absolute Gasteiger partial charge is 0.455 e. The molecule has 28 nitrogen and oxygen atoms in total. The van der Waals surface area contributed by atoms with Crippen LogP contribution in [-0.2, 0) is 76.4 Å². The number of ketones is 1. The van der Waals surface area contributed by atoms with Crippen molar-refractivity contribution in [3.63, 3.8) is 0 Å². The molecular formula is C70H87F2N7O21. The summed E-state index contributed by atoms with van der Waals surface area (Å²) in [5.41, 5.74) is 1.73. The van der Waals surface area contributed by atoms with Gasteiger partial charge in [0.1, 0.15) is 59.8 Å². The summed E-state index contributed by atoms with van der Waals surface area (Å²) in [6.07, 6.45) is -12.2. The number of esters is 4. The van der Waals surface area contributed by atoms with Gasteiger partial charge >= 0.3 is 30.0 Å². The van der Waals surface area contributed by atoms with Crippen molar-refractivity contribution in [2.75, 3.05) is 13.2 Å². The minimum Gasteiger partial charge on any atom is -0.455 e. The first-order valence-electron chi connectivity index (χ1n) is 32.6. The van der Waals surface area contributed by atoms with Gasteiger partial charge in [0.2, 0.25) is 41.5 Å². The second-order valence-corrected chi connectivity index (χ2v) is 27.1. The van der Waals surface area contributed by atoms with Crippen molar-refractivity contribution in [1.82, 2.24) is 26.6 Å². The first kappa shape index (κ1) is 77.8. The van der Waals surface area contributed by atoms with Crippen LogP contribution in [0.3, 0.4) is 0 Å². The van der Waals surface area contributed by atoms with Crippen molar-refractivity contribution < 1.29 is 110 Å². The second-order valence-electron chi connectivity index (χ2n) is 27.1. The van der Waals surface area contributed by atoms with Gasteiger partial charge in [-0.25, -0.2) is 23.2 Å². The number of hydrogen-bond donors (Lipinski definition) is 10. The Kier molecular flexibility index (Phi) is 25.1. The summed E-state index contributed by atoms with van der Waals surface area (Å²) < 4.78 is 63.0. The maximum atomic E-state index is 15.4. The lowest BCUT2D eigenvalue weighted by Gasteiger charge is -2.67. The molecule has 1 saturated heterocycles. The Bertz CT molecular complexity index is 3680. The number of amides is 7. The van der Waals surface area contributed by atoms with Gasteiger partial charge in [0.25, 0.3) is 0 Å². The van der Waals surface area contributed by atoms with Crippen LogP contribution in [0.15, 0.2) is 96.1 Å². The molecule has 7 amide bonds. The Hall–Kier alpha value is -9.52. The summed E-state index contributed by atoms with van der Waals surface area (Å²) in [4.78, 5) is 162. The van der Waals surface area contributed by atoms with Crippen LogP contribution in [0.25, 0.3) is 6.08 Å². The Balaban J connectivity index is 1.04. The number of alkyl carbamates (subject to hydrolysis) is 1. The highest BCUT2D eigenvalue weighted by Gasteiger charge is 2.78. The molecule has 100 heavy (non-hydrogen) atoms. The monoisotopic (exact) mass is 1400 g/mol. The molecule has 2 saturated carbocycles. The van der Waals surface area contributed by atoms with Crippen LogP contribution in [0, 0.1) is 28.4 Å². The van der Waals surface area contributed by atoms with Crippen LogP contribution >= 0.6 is 0 Å². The summed E-state index contributed by atoms with van der Waals surface area (Å²) in [5.74, 6) is -14.3. The molecule has 7 rings (SSSR count). The van der Waals surface area contributed by atoms with E-state index in [-0.39, 0.29) is 66.5 Å². The zero-order valence-electron chi connectivity index (χ0n) is 56.9. The van der Waals surface area contributed by atoms with E-state index < -0.39 is 209 Å². The maximum absolute atomic E-state index is 15.4. The molecule has 0 radical (unpaired) electrons. The first-order chi connectivity index (χ1) is 46.8. The molecule has 3 fully saturated rings. The van der Waals surface area contributed by atoms with Crippen LogP contribution in [0.4, 0.5) is 13.6 Å². The number of aliphatic hydroxyl groups excluding tert-OH is 2. The van der Waals surface area contributed by atoms with Gasteiger partial charge in [-0.15, -0.1) is 0 Å². The normalized spacial score (nSPS) is 25.1. The average molecular weight is 1400 g/mol. The molecule has 4 aliphatic rings. The summed E-state index contributed by atoms with van der Waals surface area (Å²) in [6, 6.07) is 12.8. The van der Waals surface area contributed by atoms with E-state index in [4.69, 9.17) is 39.9 Å². The fraction of sp³-hybridized carbons (Fsp3) is 0.514. The molecule has 1 aliphatic heterocycles. The Labute approximate surface area is 575 Å². The van der Waals surface area contributed by atoms with Gasteiger partial charge in [0, 0.05) is 50.6 Å². The molecule has 3 aromatic rings. The molecule has 1 heterocycles. The van der Waals surface area contributed by atoms with E-state index in [1.807, 2.05) is 0 Å². The van der Waals surface area contributed by atoms with Crippen molar-refractivity contribution in [1.29, 1.82) is 0 Å². The number of nitrogens with two attached hydrogens (primary N) is 2. The number of carbonyl (C=O) groups excluding carboxylic acids is 12. The molecule has 30 heteroatoms. The van der Waals surface area contributed by atoms with Crippen molar-refractivity contribution in [3.05, 3.63) is 124 Å². The molecule has 2 bridgehead atoms. The minimum absolute atomic E-state index is 0.00845. The first-order valence-corrected chi connectivity index (χ1v) is 32.6. The quantitative estimate of drug-likeness (QED) is 0.0164. The number of ether oxygens (including phenoxy) is 6. The lowest BCUT2D eigenvalue weighted by molar-refractivity contribution is -0.346. The standard InChI is InChI=1S/C70H87F2N7O21/c1-36-46(34-70(94)59(98-63(91)41-20-14-11-15-21-41)57-68(9,58(87)55(86)53(36)67(70,7)8)47(81)33-48-69(57,35-95-48)99-38(3)80)96-64(92)56(54(40-18-12-10-13-19-40)79-65(93)100-66(4,5)6)97-52(85)30-29-49(82)75-31-17-16-22-44(60(73)88)77-51(84)28-26-45(61(74)89)78-62(90)37(2)76-50(83)27-24-39-23-25-42(71)43(72)32-39/h10-15,18-21,23-25,27,32,37,44-48,54-57,59,81,86,94H,16-17,22,26,28-31,33-35H2,1-9H3,(H2,73,88)(H2,74,89)(H,75,82)(H,76,83)(H,77,84)(H,78,90)(H,79,93)/b27-24+/t37?,44?,45-,46-,47-,48+,54+,55+,56+,57-,59-,68+,69-,70+/m0/s1. The minimum atomic E-state index is -2.54. The molecule has 542 valence electrons. The van der Waals surface area contributed by atoms with E-state index in [2.05, 4.69) is 26.6 Å². The van der Waals surface area contributed by atoms with Crippen molar-refractivity contribution >= 4 is 77.3 Å². The van der Waals surface area contributed by atoms with E-state index >= 15 is 9.59 Å². The number of nitrogens with one attached hydrogen (secondary N) is 5. The zero-order valence-corrected chi connectivity index (χ0v) is 56.9. The molecular weight excluding hydrogens is 1310 g/mol. The lowest BCUT2D eigenvalue weighted by Crippen LogP contribution is -2.81. The maximum Gasteiger partial charge on any atom is 0.408 e. The lowest BCUT2D eigenvalue weighted by atomic mass is 9.44. The second kappa shape index (κ2) is 32.2. The van der Waals surface area contributed by atoms with E-state index in [1.165, 1.54) is 71.0 Å². The number of carbonyl (C=O) groups is 12. The highest BCUT2D eigenvalue weighted by molar-refractivity contribution is 5.97. The van der Waals surface area contributed by atoms with Gasteiger partial charge in [0.05, 0.1) is 36.0 Å². The SMILES string of the molecule is CC(=O)O[C@@]12CO[C@@H]1C[C@H](O)[C@@]1(C)C(=O)[C@H](O)C3=C(C)[C@@H](OC(=O)[C@H](OC(=O)CCC(=O)NCCCCC(NC(=O)CC[C@H](NC(=O)C(C)NC(=O)/C=C/c4ccc(F)c(F)c4)C(N)=O)C(N)=O)[C@H](NC(=O)OC(C)(C)C)c4ccccc4)C[C@@](O)([C@@H](OC(=O)c4ccccc4)[C@H]21)C3(C)C. The van der Waals surface area contributed by atoms with Gasteiger partial charge in [-0.2, -0.15) is 0 Å². The third-order valence-corrected chi connectivity index (χ3v) is 18.7. The molecule has 3 aromatic carbocycles. The molecule has 0 aromatic heterocycles. The van der Waals surface area contributed by atoms with E-state index in [1.54, 1.807) is 57.2 Å². The summed E-state index contributed by atoms with van der Waals surface area (Å²) >= 11 is 0. The number of benzene rings is 3. The molecule has 2 unspecified atom stereocenters. The van der Waals surface area contributed by atoms with Gasteiger partial charge < -0.3 is 81.8 Å². The van der Waals surface area contributed by atoms with E-state index in [0.717, 1.165) is 25.1 Å². The number of aliphatic hydroxyl groups is 3. The van der Waals surface area contributed by atoms with Crippen molar-refractivity contribution in [2.45, 2.75) is 198 Å². The number of fused-ring (bicyclic) bond motifs is 5. The van der Waals surface area contributed by atoms with Crippen LogP contribution in [0.5, 0.6) is 0 Å². The Morgan fingerprint density at radius 2 is 1.43 bits per heavy atom. The van der Waals surface area contributed by atoms with Crippen LogP contribution in [0.1, 0.15) is 148 Å². The fourth-order valence-electron chi connectivity index (χ4n) is 13.4. The van der Waals surface area contributed by atoms with Gasteiger partial charge in [-0.1, -0.05) is 68.4 Å². The zero-order chi connectivity index (χ0) is 74.0. The molecule has 14 atom stereocenters. The fourth-order valence-corrected chi connectivity index (χ4v) is 13.4. The number of unbranched alkanes of at least 4 members (excludes halogenated alkanes) is 1. The van der Waals surface area contributed by atoms with E-state index in [9.17, 15) is 72.0 Å². The average Bonchev–Trinajstić information content (AvgIpc) is 0.670. The molecule has 3 aliphatic carbocycles. The third-order valence-electron chi connectivity index (χ3n) is 18.7.